The number of aromatic nitrogens is 1. The largest absolute Gasteiger partial charge is 0.325 e. The Kier molecular flexibility index (Phi) is 5.96. The third kappa shape index (κ3) is 4.26. The van der Waals surface area contributed by atoms with Crippen molar-refractivity contribution in [3.8, 4) is 0 Å². The third-order valence-electron chi connectivity index (χ3n) is 6.94. The van der Waals surface area contributed by atoms with Gasteiger partial charge in [0.05, 0.1) is 22.3 Å². The molecule has 182 valence electrons. The number of rotatable bonds is 6. The first-order valence-corrected chi connectivity index (χ1v) is 12.9. The van der Waals surface area contributed by atoms with Crippen molar-refractivity contribution in [3.05, 3.63) is 71.2 Å². The molecule has 0 unspecified atom stereocenters. The van der Waals surface area contributed by atoms with E-state index in [1.165, 1.54) is 4.90 Å². The number of carbonyl (C=O) groups is 3. The zero-order chi connectivity index (χ0) is 24.6. The van der Waals surface area contributed by atoms with E-state index in [1.807, 2.05) is 42.5 Å². The molecule has 0 bridgehead atoms. The fourth-order valence-corrected chi connectivity index (χ4v) is 5.75. The van der Waals surface area contributed by atoms with Gasteiger partial charge in [0.2, 0.25) is 5.91 Å². The smallest absolute Gasteiger partial charge is 0.261 e. The van der Waals surface area contributed by atoms with E-state index in [1.54, 1.807) is 29.0 Å². The van der Waals surface area contributed by atoms with Crippen molar-refractivity contribution in [2.75, 3.05) is 51.1 Å². The topological polar surface area (TPSA) is 85.9 Å². The van der Waals surface area contributed by atoms with Crippen LogP contribution in [0.25, 0.3) is 21.0 Å². The van der Waals surface area contributed by atoms with Crippen LogP contribution >= 0.6 is 11.3 Å². The van der Waals surface area contributed by atoms with E-state index < -0.39 is 0 Å². The molecule has 2 aliphatic rings. The molecule has 1 fully saturated rings. The van der Waals surface area contributed by atoms with E-state index in [4.69, 9.17) is 0 Å². The minimum atomic E-state index is -0.226. The number of nitrogens with zero attached hydrogens (tertiary/aromatic N) is 4. The Morgan fingerprint density at radius 3 is 2.31 bits per heavy atom. The lowest BCUT2D eigenvalue weighted by molar-refractivity contribution is -0.117. The van der Waals surface area contributed by atoms with Gasteiger partial charge in [0, 0.05) is 61.5 Å². The van der Waals surface area contributed by atoms with E-state index in [9.17, 15) is 14.4 Å². The maximum atomic E-state index is 13.1. The molecule has 0 saturated carbocycles. The third-order valence-corrected chi connectivity index (χ3v) is 7.73. The summed E-state index contributed by atoms with van der Waals surface area (Å²) in [7, 11) is 0. The van der Waals surface area contributed by atoms with Crippen LogP contribution in [-0.2, 0) is 4.79 Å². The van der Waals surface area contributed by atoms with Gasteiger partial charge in [0.15, 0.2) is 0 Å². The Hall–Kier alpha value is -3.66. The van der Waals surface area contributed by atoms with Crippen molar-refractivity contribution < 1.29 is 14.4 Å². The van der Waals surface area contributed by atoms with Crippen molar-refractivity contribution in [2.45, 2.75) is 0 Å². The molecule has 2 aliphatic heterocycles. The Bertz CT molecular complexity index is 1440. The zero-order valence-corrected chi connectivity index (χ0v) is 20.5. The van der Waals surface area contributed by atoms with Crippen LogP contribution in [0.1, 0.15) is 20.7 Å². The molecular formula is C27H25N5O3S. The van der Waals surface area contributed by atoms with Crippen LogP contribution in [0.2, 0.25) is 0 Å². The number of hydrogen-bond donors (Lipinski definition) is 1. The lowest BCUT2D eigenvalue weighted by atomic mass is 9.94. The molecule has 36 heavy (non-hydrogen) atoms. The maximum absolute atomic E-state index is 13.1. The molecule has 0 radical (unpaired) electrons. The van der Waals surface area contributed by atoms with Crippen molar-refractivity contribution in [3.63, 3.8) is 0 Å². The summed E-state index contributed by atoms with van der Waals surface area (Å²) < 4.78 is 1.05. The number of piperazine rings is 1. The monoisotopic (exact) mass is 499 g/mol. The van der Waals surface area contributed by atoms with Crippen LogP contribution in [0.15, 0.2) is 60.1 Å². The highest BCUT2D eigenvalue weighted by molar-refractivity contribution is 7.16. The van der Waals surface area contributed by atoms with E-state index in [0.717, 1.165) is 52.9 Å². The quantitative estimate of drug-likeness (QED) is 0.410. The van der Waals surface area contributed by atoms with Gasteiger partial charge in [0.25, 0.3) is 11.8 Å². The standard InChI is InChI=1S/C27H25N5O3S/c33-24(29-19-7-8-22-23(15-19)36-17-28-22)16-31-11-9-30(10-12-31)13-14-32-26(34)20-5-1-3-18-4-2-6-21(25(18)20)27(32)35/h1-8,15,17H,9-14,16H2,(H,29,33). The summed E-state index contributed by atoms with van der Waals surface area (Å²) in [6.45, 7) is 4.37. The van der Waals surface area contributed by atoms with Gasteiger partial charge in [0.1, 0.15) is 0 Å². The second kappa shape index (κ2) is 9.42. The summed E-state index contributed by atoms with van der Waals surface area (Å²) in [4.78, 5) is 48.8. The van der Waals surface area contributed by atoms with Crippen LogP contribution in [0.3, 0.4) is 0 Å². The first-order chi connectivity index (χ1) is 17.6. The van der Waals surface area contributed by atoms with Gasteiger partial charge in [-0.1, -0.05) is 24.3 Å². The minimum absolute atomic E-state index is 0.0373. The van der Waals surface area contributed by atoms with E-state index >= 15 is 0 Å². The van der Waals surface area contributed by atoms with Crippen molar-refractivity contribution >= 4 is 55.7 Å². The molecule has 0 aliphatic carbocycles. The molecule has 1 aromatic heterocycles. The summed E-state index contributed by atoms with van der Waals surface area (Å²) >= 11 is 1.55. The molecular weight excluding hydrogens is 474 g/mol. The average Bonchev–Trinajstić information content (AvgIpc) is 3.36. The Morgan fingerprint density at radius 2 is 1.58 bits per heavy atom. The fraction of sp³-hybridized carbons (Fsp3) is 0.259. The van der Waals surface area contributed by atoms with Gasteiger partial charge < -0.3 is 5.32 Å². The van der Waals surface area contributed by atoms with Gasteiger partial charge in [-0.05, 0) is 35.7 Å². The summed E-state index contributed by atoms with van der Waals surface area (Å²) in [6.07, 6.45) is 0. The Labute approximate surface area is 212 Å². The lowest BCUT2D eigenvalue weighted by Crippen LogP contribution is -2.51. The first-order valence-electron chi connectivity index (χ1n) is 12.0. The van der Waals surface area contributed by atoms with Crippen molar-refractivity contribution in [1.82, 2.24) is 19.7 Å². The molecule has 0 spiro atoms. The number of carbonyl (C=O) groups excluding carboxylic acids is 3. The van der Waals surface area contributed by atoms with Crippen LogP contribution in [0, 0.1) is 0 Å². The number of amides is 3. The summed E-state index contributed by atoms with van der Waals surface area (Å²) in [6, 6.07) is 16.9. The van der Waals surface area contributed by atoms with Gasteiger partial charge >= 0.3 is 0 Å². The lowest BCUT2D eigenvalue weighted by Gasteiger charge is -2.35. The second-order valence-electron chi connectivity index (χ2n) is 9.17. The summed E-state index contributed by atoms with van der Waals surface area (Å²) in [5.41, 5.74) is 4.69. The molecule has 6 rings (SSSR count). The van der Waals surface area contributed by atoms with Crippen LogP contribution in [0.5, 0.6) is 0 Å². The average molecular weight is 500 g/mol. The molecule has 3 aromatic carbocycles. The van der Waals surface area contributed by atoms with Crippen LogP contribution < -0.4 is 5.32 Å². The fourth-order valence-electron chi connectivity index (χ4n) is 5.03. The summed E-state index contributed by atoms with van der Waals surface area (Å²) in [5, 5.41) is 4.65. The van der Waals surface area contributed by atoms with Gasteiger partial charge in [-0.15, -0.1) is 11.3 Å². The number of thiazole rings is 1. The highest BCUT2D eigenvalue weighted by Crippen LogP contribution is 2.30. The van der Waals surface area contributed by atoms with E-state index in [2.05, 4.69) is 20.1 Å². The molecule has 3 heterocycles. The number of fused-ring (bicyclic) bond motifs is 1. The molecule has 8 nitrogen and oxygen atoms in total. The van der Waals surface area contributed by atoms with Crippen LogP contribution in [-0.4, -0.2) is 83.2 Å². The Morgan fingerprint density at radius 1 is 0.889 bits per heavy atom. The SMILES string of the molecule is O=C(CN1CCN(CCN2C(=O)c3cccc4cccc(c34)C2=O)CC1)Nc1ccc2ncsc2c1. The minimum Gasteiger partial charge on any atom is -0.325 e. The normalized spacial score (nSPS) is 16.7. The highest BCUT2D eigenvalue weighted by atomic mass is 32.1. The predicted octanol–water partition coefficient (Wildman–Crippen LogP) is 3.30. The number of nitrogens with one attached hydrogen (secondary N) is 1. The number of anilines is 1. The zero-order valence-electron chi connectivity index (χ0n) is 19.6. The predicted molar refractivity (Wildman–Crippen MR) is 140 cm³/mol. The molecule has 3 amide bonds. The van der Waals surface area contributed by atoms with E-state index in [-0.39, 0.29) is 17.7 Å². The number of hydrogen-bond acceptors (Lipinski definition) is 7. The number of benzene rings is 3. The molecule has 1 saturated heterocycles. The molecule has 9 heteroatoms. The number of imide groups is 1. The van der Waals surface area contributed by atoms with Crippen LogP contribution in [0.4, 0.5) is 5.69 Å². The Balaban J connectivity index is 1.01. The van der Waals surface area contributed by atoms with Gasteiger partial charge in [-0.3, -0.25) is 29.1 Å². The molecule has 4 aromatic rings. The first kappa shape index (κ1) is 22.8. The molecule has 1 N–H and O–H groups in total. The highest BCUT2D eigenvalue weighted by Gasteiger charge is 2.33. The van der Waals surface area contributed by atoms with Gasteiger partial charge in [-0.25, -0.2) is 4.98 Å². The van der Waals surface area contributed by atoms with Crippen molar-refractivity contribution in [2.24, 2.45) is 0 Å². The maximum Gasteiger partial charge on any atom is 0.261 e. The van der Waals surface area contributed by atoms with Gasteiger partial charge in [-0.2, -0.15) is 0 Å². The van der Waals surface area contributed by atoms with E-state index in [0.29, 0.717) is 30.8 Å². The molecule has 0 atom stereocenters. The second-order valence-corrected chi connectivity index (χ2v) is 10.1. The summed E-state index contributed by atoms with van der Waals surface area (Å²) in [5.74, 6) is -0.489. The van der Waals surface area contributed by atoms with Crippen molar-refractivity contribution in [1.29, 1.82) is 0 Å².